The molecule has 1 aliphatic heterocycles. The Labute approximate surface area is 100 Å². The van der Waals surface area contributed by atoms with E-state index >= 15 is 0 Å². The molecule has 0 aromatic heterocycles. The van der Waals surface area contributed by atoms with Crippen LogP contribution in [-0.2, 0) is 11.3 Å². The van der Waals surface area contributed by atoms with Crippen molar-refractivity contribution in [3.8, 4) is 6.07 Å². The van der Waals surface area contributed by atoms with E-state index in [1.54, 1.807) is 6.07 Å². The van der Waals surface area contributed by atoms with E-state index in [0.29, 0.717) is 12.1 Å². The van der Waals surface area contributed by atoms with Gasteiger partial charge in [0.1, 0.15) is 5.82 Å². The molecule has 0 amide bonds. The number of rotatable bonds is 4. The fourth-order valence-electron chi connectivity index (χ4n) is 1.88. The minimum Gasteiger partial charge on any atom is -0.380 e. The number of nitrogens with zero attached hydrogens (tertiary/aromatic N) is 1. The van der Waals surface area contributed by atoms with E-state index in [-0.39, 0.29) is 11.2 Å². The summed E-state index contributed by atoms with van der Waals surface area (Å²) in [5.74, 6) is -0.362. The van der Waals surface area contributed by atoms with Crippen molar-refractivity contribution in [2.75, 3.05) is 19.8 Å². The summed E-state index contributed by atoms with van der Waals surface area (Å²) in [7, 11) is 0. The molecule has 2 rings (SSSR count). The van der Waals surface area contributed by atoms with Crippen molar-refractivity contribution in [1.82, 2.24) is 5.32 Å². The summed E-state index contributed by atoms with van der Waals surface area (Å²) in [6.07, 6.45) is 0. The predicted octanol–water partition coefficient (Wildman–Crippen LogP) is 1.82. The van der Waals surface area contributed by atoms with E-state index in [2.05, 4.69) is 12.2 Å². The second kappa shape index (κ2) is 4.82. The van der Waals surface area contributed by atoms with Crippen LogP contribution in [0.15, 0.2) is 18.2 Å². The van der Waals surface area contributed by atoms with Crippen molar-refractivity contribution in [2.45, 2.75) is 13.5 Å². The molecule has 0 bridgehead atoms. The average Bonchev–Trinajstić information content (AvgIpc) is 2.26. The Morgan fingerprint density at radius 2 is 2.24 bits per heavy atom. The Bertz CT molecular complexity index is 449. The number of nitriles is 1. The van der Waals surface area contributed by atoms with E-state index < -0.39 is 0 Å². The number of halogens is 1. The second-order valence-electron chi connectivity index (χ2n) is 4.87. The first-order valence-corrected chi connectivity index (χ1v) is 5.59. The third kappa shape index (κ3) is 3.02. The summed E-state index contributed by atoms with van der Waals surface area (Å²) in [6.45, 7) is 5.10. The van der Waals surface area contributed by atoms with Gasteiger partial charge in [-0.1, -0.05) is 6.92 Å². The van der Waals surface area contributed by atoms with Gasteiger partial charge in [0.05, 0.1) is 24.8 Å². The summed E-state index contributed by atoms with van der Waals surface area (Å²) in [5, 5.41) is 12.0. The lowest BCUT2D eigenvalue weighted by atomic mass is 9.89. The fourth-order valence-corrected chi connectivity index (χ4v) is 1.88. The van der Waals surface area contributed by atoms with Crippen molar-refractivity contribution in [3.05, 3.63) is 35.1 Å². The summed E-state index contributed by atoms with van der Waals surface area (Å²) in [6, 6.07) is 6.35. The second-order valence-corrected chi connectivity index (χ2v) is 4.87. The zero-order valence-corrected chi connectivity index (χ0v) is 9.79. The van der Waals surface area contributed by atoms with Gasteiger partial charge in [-0.25, -0.2) is 4.39 Å². The molecule has 90 valence electrons. The van der Waals surface area contributed by atoms with Crippen LogP contribution >= 0.6 is 0 Å². The molecule has 0 unspecified atom stereocenters. The fraction of sp³-hybridized carbons (Fsp3) is 0.462. The summed E-state index contributed by atoms with van der Waals surface area (Å²) in [5.41, 5.74) is 1.36. The van der Waals surface area contributed by atoms with Crippen LogP contribution in [0.25, 0.3) is 0 Å². The highest BCUT2D eigenvalue weighted by atomic mass is 19.1. The number of nitrogens with one attached hydrogen (secondary N) is 1. The van der Waals surface area contributed by atoms with Crippen LogP contribution in [0.4, 0.5) is 4.39 Å². The lowest BCUT2D eigenvalue weighted by Gasteiger charge is -2.38. The Morgan fingerprint density at radius 1 is 1.47 bits per heavy atom. The van der Waals surface area contributed by atoms with Crippen molar-refractivity contribution in [2.24, 2.45) is 5.41 Å². The summed E-state index contributed by atoms with van der Waals surface area (Å²) < 4.78 is 18.3. The molecule has 0 atom stereocenters. The molecule has 1 fully saturated rings. The molecule has 17 heavy (non-hydrogen) atoms. The van der Waals surface area contributed by atoms with Gasteiger partial charge in [0.2, 0.25) is 0 Å². The minimum atomic E-state index is -0.362. The van der Waals surface area contributed by atoms with Crippen LogP contribution in [-0.4, -0.2) is 19.8 Å². The number of ether oxygens (including phenoxy) is 1. The summed E-state index contributed by atoms with van der Waals surface area (Å²) >= 11 is 0. The van der Waals surface area contributed by atoms with Gasteiger partial charge < -0.3 is 10.1 Å². The largest absolute Gasteiger partial charge is 0.380 e. The molecule has 4 heteroatoms. The highest BCUT2D eigenvalue weighted by Crippen LogP contribution is 2.25. The number of benzene rings is 1. The van der Waals surface area contributed by atoms with Crippen LogP contribution < -0.4 is 5.32 Å². The minimum absolute atomic E-state index is 0.200. The Kier molecular flexibility index (Phi) is 3.41. The number of hydrogen-bond acceptors (Lipinski definition) is 3. The molecule has 1 N–H and O–H groups in total. The van der Waals surface area contributed by atoms with Gasteiger partial charge >= 0.3 is 0 Å². The molecule has 1 heterocycles. The maximum Gasteiger partial charge on any atom is 0.124 e. The first kappa shape index (κ1) is 12.0. The van der Waals surface area contributed by atoms with Gasteiger partial charge in [-0.3, -0.25) is 0 Å². The molecular weight excluding hydrogens is 219 g/mol. The van der Waals surface area contributed by atoms with Gasteiger partial charge in [-0.05, 0) is 23.8 Å². The molecular formula is C13H15FN2O. The Balaban J connectivity index is 1.90. The molecule has 1 saturated heterocycles. The molecule has 0 spiro atoms. The maximum atomic E-state index is 13.2. The van der Waals surface area contributed by atoms with Gasteiger partial charge in [-0.2, -0.15) is 5.26 Å². The zero-order valence-electron chi connectivity index (χ0n) is 9.79. The van der Waals surface area contributed by atoms with Gasteiger partial charge in [0, 0.05) is 18.5 Å². The van der Waals surface area contributed by atoms with E-state index in [1.807, 2.05) is 6.07 Å². The van der Waals surface area contributed by atoms with E-state index in [1.165, 1.54) is 12.1 Å². The van der Waals surface area contributed by atoms with E-state index in [0.717, 1.165) is 25.3 Å². The normalized spacial score (nSPS) is 17.2. The van der Waals surface area contributed by atoms with Crippen molar-refractivity contribution in [3.63, 3.8) is 0 Å². The highest BCUT2D eigenvalue weighted by Gasteiger charge is 2.32. The molecule has 1 aliphatic rings. The third-order valence-electron chi connectivity index (χ3n) is 2.87. The quantitative estimate of drug-likeness (QED) is 0.864. The molecule has 0 aliphatic carbocycles. The predicted molar refractivity (Wildman–Crippen MR) is 61.7 cm³/mol. The smallest absolute Gasteiger partial charge is 0.124 e. The van der Waals surface area contributed by atoms with Crippen LogP contribution in [0.5, 0.6) is 0 Å². The van der Waals surface area contributed by atoms with Crippen molar-refractivity contribution in [1.29, 1.82) is 5.26 Å². The zero-order chi connectivity index (χ0) is 12.3. The molecule has 1 aromatic carbocycles. The standard InChI is InChI=1S/C13H15FN2O/c1-13(8-17-9-13)7-16-6-11-2-10(5-15)3-12(14)4-11/h2-4,16H,6-9H2,1H3. The first-order valence-electron chi connectivity index (χ1n) is 5.59. The van der Waals surface area contributed by atoms with Crippen molar-refractivity contribution >= 4 is 0 Å². The SMILES string of the molecule is CC1(CNCc2cc(F)cc(C#N)c2)COC1. The van der Waals surface area contributed by atoms with E-state index in [4.69, 9.17) is 10.00 Å². The van der Waals surface area contributed by atoms with Gasteiger partial charge in [0.25, 0.3) is 0 Å². The molecule has 0 saturated carbocycles. The lowest BCUT2D eigenvalue weighted by Crippen LogP contribution is -2.47. The van der Waals surface area contributed by atoms with Crippen LogP contribution in [0.1, 0.15) is 18.1 Å². The lowest BCUT2D eigenvalue weighted by molar-refractivity contribution is -0.0991. The maximum absolute atomic E-state index is 13.2. The number of hydrogen-bond donors (Lipinski definition) is 1. The molecule has 0 radical (unpaired) electrons. The molecule has 3 nitrogen and oxygen atoms in total. The average molecular weight is 234 g/mol. The first-order chi connectivity index (χ1) is 8.11. The van der Waals surface area contributed by atoms with E-state index in [9.17, 15) is 4.39 Å². The monoisotopic (exact) mass is 234 g/mol. The summed E-state index contributed by atoms with van der Waals surface area (Å²) in [4.78, 5) is 0. The van der Waals surface area contributed by atoms with Crippen LogP contribution in [0, 0.1) is 22.6 Å². The highest BCUT2D eigenvalue weighted by molar-refractivity contribution is 5.33. The Morgan fingerprint density at radius 3 is 2.82 bits per heavy atom. The topological polar surface area (TPSA) is 45.0 Å². The van der Waals surface area contributed by atoms with Crippen LogP contribution in [0.3, 0.4) is 0 Å². The van der Waals surface area contributed by atoms with Gasteiger partial charge in [-0.15, -0.1) is 0 Å². The molecule has 1 aromatic rings. The van der Waals surface area contributed by atoms with Gasteiger partial charge in [0.15, 0.2) is 0 Å². The van der Waals surface area contributed by atoms with Crippen LogP contribution in [0.2, 0.25) is 0 Å². The Hall–Kier alpha value is -1.44. The third-order valence-corrected chi connectivity index (χ3v) is 2.87. The van der Waals surface area contributed by atoms with Crippen molar-refractivity contribution < 1.29 is 9.13 Å².